The number of carbonyl (C=O) groups is 1. The first-order chi connectivity index (χ1) is 12.2. The van der Waals surface area contributed by atoms with Crippen LogP contribution in [0.2, 0.25) is 0 Å². The molecular formula is C21H31N3O. The average Bonchev–Trinajstić information content (AvgIpc) is 3.22. The summed E-state index contributed by atoms with van der Waals surface area (Å²) in [6.07, 6.45) is 4.61. The Morgan fingerprint density at radius 1 is 1.16 bits per heavy atom. The van der Waals surface area contributed by atoms with E-state index in [0.717, 1.165) is 26.2 Å². The van der Waals surface area contributed by atoms with Crippen molar-refractivity contribution in [2.75, 3.05) is 39.3 Å². The van der Waals surface area contributed by atoms with Gasteiger partial charge in [-0.2, -0.15) is 0 Å². The number of hydrogen-bond acceptors (Lipinski definition) is 3. The van der Waals surface area contributed by atoms with E-state index in [1.54, 1.807) is 0 Å². The number of likely N-dealkylation sites (tertiary alicyclic amines) is 2. The van der Waals surface area contributed by atoms with Gasteiger partial charge in [-0.25, -0.2) is 0 Å². The van der Waals surface area contributed by atoms with Crippen molar-refractivity contribution >= 4 is 5.91 Å². The van der Waals surface area contributed by atoms with Crippen molar-refractivity contribution in [1.82, 2.24) is 15.1 Å². The van der Waals surface area contributed by atoms with Crippen LogP contribution in [-0.2, 0) is 4.79 Å². The monoisotopic (exact) mass is 341 g/mol. The highest BCUT2D eigenvalue weighted by Crippen LogP contribution is 2.43. The Bertz CT molecular complexity index is 611. The first kappa shape index (κ1) is 17.0. The lowest BCUT2D eigenvalue weighted by Gasteiger charge is -2.31. The number of nitrogens with zero attached hydrogens (tertiary/aromatic N) is 2. The number of benzene rings is 1. The van der Waals surface area contributed by atoms with Crippen molar-refractivity contribution in [3.8, 4) is 0 Å². The second-order valence-electron chi connectivity index (χ2n) is 8.08. The van der Waals surface area contributed by atoms with Gasteiger partial charge < -0.3 is 15.1 Å². The SMILES string of the molecule is Cc1ccccc1[C@@H]1[C@H]2CNC[C@H]2CN1C(=O)CCN1CCCCC1. The standard InChI is InChI=1S/C21H31N3O/c1-16-7-3-4-8-18(16)21-19-14-22-13-17(19)15-24(21)20(25)9-12-23-10-5-2-6-11-23/h3-4,7-8,17,19,21-22H,2,5-6,9-15H2,1H3/t17-,19-,21+/m0/s1. The van der Waals surface area contributed by atoms with Crippen molar-refractivity contribution in [1.29, 1.82) is 0 Å². The highest BCUT2D eigenvalue weighted by molar-refractivity contribution is 5.77. The maximum absolute atomic E-state index is 13.1. The van der Waals surface area contributed by atoms with Crippen LogP contribution in [0.5, 0.6) is 0 Å². The molecule has 136 valence electrons. The van der Waals surface area contributed by atoms with E-state index in [1.807, 2.05) is 0 Å². The van der Waals surface area contributed by atoms with Gasteiger partial charge in [0.1, 0.15) is 0 Å². The Hall–Kier alpha value is -1.39. The Kier molecular flexibility index (Phi) is 5.09. The summed E-state index contributed by atoms with van der Waals surface area (Å²) in [6, 6.07) is 8.89. The minimum Gasteiger partial charge on any atom is -0.335 e. The van der Waals surface area contributed by atoms with Crippen molar-refractivity contribution in [2.24, 2.45) is 11.8 Å². The lowest BCUT2D eigenvalue weighted by molar-refractivity contribution is -0.133. The third-order valence-corrected chi connectivity index (χ3v) is 6.48. The average molecular weight is 341 g/mol. The Labute approximate surface area is 151 Å². The minimum atomic E-state index is 0.259. The fraction of sp³-hybridized carbons (Fsp3) is 0.667. The summed E-state index contributed by atoms with van der Waals surface area (Å²) in [5.74, 6) is 1.54. The first-order valence-electron chi connectivity index (χ1n) is 10.0. The Morgan fingerprint density at radius 2 is 1.96 bits per heavy atom. The fourth-order valence-electron chi connectivity index (χ4n) is 5.07. The summed E-state index contributed by atoms with van der Waals surface area (Å²) in [5, 5.41) is 3.54. The van der Waals surface area contributed by atoms with Crippen LogP contribution in [0.3, 0.4) is 0 Å². The molecule has 3 fully saturated rings. The van der Waals surface area contributed by atoms with Crippen LogP contribution >= 0.6 is 0 Å². The molecule has 3 aliphatic heterocycles. The number of piperidine rings is 1. The molecule has 4 nitrogen and oxygen atoms in total. The molecule has 0 bridgehead atoms. The van der Waals surface area contributed by atoms with E-state index in [0.29, 0.717) is 24.2 Å². The third kappa shape index (κ3) is 3.47. The predicted octanol–water partition coefficient (Wildman–Crippen LogP) is 2.59. The molecule has 1 aromatic carbocycles. The number of nitrogens with one attached hydrogen (secondary N) is 1. The van der Waals surface area contributed by atoms with Gasteiger partial charge in [-0.3, -0.25) is 4.79 Å². The van der Waals surface area contributed by atoms with Crippen molar-refractivity contribution in [3.63, 3.8) is 0 Å². The Balaban J connectivity index is 1.48. The maximum atomic E-state index is 13.1. The largest absolute Gasteiger partial charge is 0.335 e. The number of amides is 1. The third-order valence-electron chi connectivity index (χ3n) is 6.48. The van der Waals surface area contributed by atoms with Crippen LogP contribution < -0.4 is 5.32 Å². The molecule has 1 N–H and O–H groups in total. The Morgan fingerprint density at radius 3 is 2.76 bits per heavy atom. The highest BCUT2D eigenvalue weighted by Gasteiger charge is 2.46. The first-order valence-corrected chi connectivity index (χ1v) is 10.0. The van der Waals surface area contributed by atoms with E-state index in [2.05, 4.69) is 46.3 Å². The minimum absolute atomic E-state index is 0.259. The summed E-state index contributed by atoms with van der Waals surface area (Å²) in [5.41, 5.74) is 2.67. The van der Waals surface area contributed by atoms with E-state index >= 15 is 0 Å². The molecule has 0 radical (unpaired) electrons. The molecule has 4 heteroatoms. The maximum Gasteiger partial charge on any atom is 0.224 e. The van der Waals surface area contributed by atoms with Gasteiger partial charge in [0.2, 0.25) is 5.91 Å². The fourth-order valence-corrected chi connectivity index (χ4v) is 5.07. The lowest BCUT2D eigenvalue weighted by Crippen LogP contribution is -2.38. The lowest BCUT2D eigenvalue weighted by atomic mass is 9.87. The zero-order chi connectivity index (χ0) is 17.2. The summed E-state index contributed by atoms with van der Waals surface area (Å²) >= 11 is 0. The van der Waals surface area contributed by atoms with Gasteiger partial charge in [0, 0.05) is 38.5 Å². The van der Waals surface area contributed by atoms with Crippen LogP contribution in [0.25, 0.3) is 0 Å². The van der Waals surface area contributed by atoms with Crippen molar-refractivity contribution < 1.29 is 4.79 Å². The smallest absolute Gasteiger partial charge is 0.224 e. The molecule has 25 heavy (non-hydrogen) atoms. The van der Waals surface area contributed by atoms with Gasteiger partial charge in [0.25, 0.3) is 0 Å². The summed E-state index contributed by atoms with van der Waals surface area (Å²) in [7, 11) is 0. The van der Waals surface area contributed by atoms with Gasteiger partial charge in [0.05, 0.1) is 6.04 Å². The second-order valence-corrected chi connectivity index (χ2v) is 8.08. The molecule has 3 atom stereocenters. The van der Waals surface area contributed by atoms with Gasteiger partial charge >= 0.3 is 0 Å². The van der Waals surface area contributed by atoms with Gasteiger partial charge in [-0.15, -0.1) is 0 Å². The molecular weight excluding hydrogens is 310 g/mol. The number of rotatable bonds is 4. The number of hydrogen-bond donors (Lipinski definition) is 1. The molecule has 3 saturated heterocycles. The highest BCUT2D eigenvalue weighted by atomic mass is 16.2. The van der Waals surface area contributed by atoms with E-state index in [1.165, 1.54) is 43.5 Å². The molecule has 1 aromatic rings. The molecule has 0 spiro atoms. The molecule has 3 aliphatic rings. The van der Waals surface area contributed by atoms with Crippen LogP contribution in [-0.4, -0.2) is 55.0 Å². The zero-order valence-corrected chi connectivity index (χ0v) is 15.4. The van der Waals surface area contributed by atoms with Gasteiger partial charge in [-0.05, 0) is 49.9 Å². The van der Waals surface area contributed by atoms with Crippen molar-refractivity contribution in [3.05, 3.63) is 35.4 Å². The summed E-state index contributed by atoms with van der Waals surface area (Å²) < 4.78 is 0. The quantitative estimate of drug-likeness (QED) is 0.914. The van der Waals surface area contributed by atoms with Crippen molar-refractivity contribution in [2.45, 2.75) is 38.6 Å². The molecule has 4 rings (SSSR count). The van der Waals surface area contributed by atoms with Crippen LogP contribution in [0.15, 0.2) is 24.3 Å². The number of carbonyl (C=O) groups excluding carboxylic acids is 1. The molecule has 0 saturated carbocycles. The number of aryl methyl sites for hydroxylation is 1. The summed E-state index contributed by atoms with van der Waals surface area (Å²) in [4.78, 5) is 17.8. The molecule has 3 heterocycles. The van der Waals surface area contributed by atoms with E-state index in [4.69, 9.17) is 0 Å². The van der Waals surface area contributed by atoms with E-state index < -0.39 is 0 Å². The zero-order valence-electron chi connectivity index (χ0n) is 15.4. The molecule has 0 aromatic heterocycles. The predicted molar refractivity (Wildman–Crippen MR) is 100 cm³/mol. The van der Waals surface area contributed by atoms with Gasteiger partial charge in [0.15, 0.2) is 0 Å². The van der Waals surface area contributed by atoms with E-state index in [9.17, 15) is 4.79 Å². The second kappa shape index (κ2) is 7.46. The van der Waals surface area contributed by atoms with Crippen LogP contribution in [0.1, 0.15) is 42.9 Å². The number of fused-ring (bicyclic) bond motifs is 1. The molecule has 0 unspecified atom stereocenters. The van der Waals surface area contributed by atoms with Crippen LogP contribution in [0, 0.1) is 18.8 Å². The molecule has 1 amide bonds. The normalized spacial score (nSPS) is 29.8. The topological polar surface area (TPSA) is 35.6 Å². The van der Waals surface area contributed by atoms with Gasteiger partial charge in [-0.1, -0.05) is 30.7 Å². The van der Waals surface area contributed by atoms with E-state index in [-0.39, 0.29) is 6.04 Å². The summed E-state index contributed by atoms with van der Waals surface area (Å²) in [6.45, 7) is 8.48. The van der Waals surface area contributed by atoms with Crippen LogP contribution in [0.4, 0.5) is 0 Å². The molecule has 0 aliphatic carbocycles.